The first-order chi connectivity index (χ1) is 17.5. The second kappa shape index (κ2) is 9.87. The molecule has 0 bridgehead atoms. The fourth-order valence-electron chi connectivity index (χ4n) is 4.01. The van der Waals surface area contributed by atoms with Gasteiger partial charge in [0.25, 0.3) is 0 Å². The molecule has 1 atom stereocenters. The Morgan fingerprint density at radius 1 is 0.889 bits per heavy atom. The Hall–Kier alpha value is -4.73. The van der Waals surface area contributed by atoms with Crippen LogP contribution in [0.2, 0.25) is 5.02 Å². The second-order valence-electron chi connectivity index (χ2n) is 8.01. The first-order valence-corrected chi connectivity index (χ1v) is 11.4. The Balaban J connectivity index is 1.47. The molecule has 0 aliphatic carbocycles. The van der Waals surface area contributed by atoms with Crippen LogP contribution in [0.25, 0.3) is 0 Å². The van der Waals surface area contributed by atoms with E-state index in [2.05, 4.69) is 6.07 Å². The zero-order chi connectivity index (χ0) is 25.1. The van der Waals surface area contributed by atoms with Gasteiger partial charge >= 0.3 is 5.97 Å². The SMILES string of the molecule is N#CC1=C(N)Oc2cc(OC(=O)c3cccc(Cl)c3)ccc2C1c1cccc(Oc2ccccc2)c1. The van der Waals surface area contributed by atoms with Gasteiger partial charge in [0.15, 0.2) is 0 Å². The fourth-order valence-corrected chi connectivity index (χ4v) is 4.20. The van der Waals surface area contributed by atoms with E-state index in [4.69, 9.17) is 31.5 Å². The molecule has 36 heavy (non-hydrogen) atoms. The molecule has 176 valence electrons. The van der Waals surface area contributed by atoms with Crippen LogP contribution in [0.1, 0.15) is 27.4 Å². The molecule has 0 fully saturated rings. The van der Waals surface area contributed by atoms with E-state index in [1.54, 1.807) is 36.4 Å². The largest absolute Gasteiger partial charge is 0.457 e. The van der Waals surface area contributed by atoms with Gasteiger partial charge in [-0.05, 0) is 54.1 Å². The molecule has 2 N–H and O–H groups in total. The first kappa shape index (κ1) is 23.0. The average molecular weight is 495 g/mol. The number of fused-ring (bicyclic) bond motifs is 1. The van der Waals surface area contributed by atoms with Gasteiger partial charge in [0.05, 0.1) is 11.5 Å². The third-order valence-electron chi connectivity index (χ3n) is 5.63. The third kappa shape index (κ3) is 4.74. The van der Waals surface area contributed by atoms with Crippen LogP contribution in [0.15, 0.2) is 109 Å². The lowest BCUT2D eigenvalue weighted by Gasteiger charge is -2.27. The molecule has 4 aromatic rings. The summed E-state index contributed by atoms with van der Waals surface area (Å²) in [6, 6.07) is 30.5. The summed E-state index contributed by atoms with van der Waals surface area (Å²) in [6.45, 7) is 0. The standard InChI is InChI=1S/C29H19ClN2O4/c30-20-8-4-7-19(14-20)29(33)35-23-12-13-24-26(16-23)36-28(32)25(17-31)27(24)18-6-5-11-22(15-18)34-21-9-2-1-3-10-21/h1-16,27H,32H2. The Bertz CT molecular complexity index is 1530. The highest BCUT2D eigenvalue weighted by molar-refractivity contribution is 6.30. The lowest BCUT2D eigenvalue weighted by atomic mass is 9.83. The molecule has 1 aliphatic rings. The summed E-state index contributed by atoms with van der Waals surface area (Å²) in [7, 11) is 0. The molecule has 6 nitrogen and oxygen atoms in total. The molecule has 4 aromatic carbocycles. The van der Waals surface area contributed by atoms with E-state index in [1.807, 2.05) is 54.6 Å². The van der Waals surface area contributed by atoms with Crippen LogP contribution in [0, 0.1) is 11.3 Å². The van der Waals surface area contributed by atoms with Crippen molar-refractivity contribution in [2.45, 2.75) is 5.92 Å². The molecule has 0 amide bonds. The molecular formula is C29H19ClN2O4. The van der Waals surface area contributed by atoms with E-state index in [0.29, 0.717) is 33.4 Å². The number of allylic oxidation sites excluding steroid dienone is 1. The molecular weight excluding hydrogens is 476 g/mol. The lowest BCUT2D eigenvalue weighted by Crippen LogP contribution is -2.21. The number of carbonyl (C=O) groups excluding carboxylic acids is 1. The van der Waals surface area contributed by atoms with E-state index < -0.39 is 11.9 Å². The molecule has 0 saturated heterocycles. The Morgan fingerprint density at radius 3 is 2.44 bits per heavy atom. The summed E-state index contributed by atoms with van der Waals surface area (Å²) < 4.78 is 17.2. The van der Waals surface area contributed by atoms with Crippen LogP contribution in [-0.4, -0.2) is 5.97 Å². The van der Waals surface area contributed by atoms with Gasteiger partial charge in [-0.1, -0.05) is 54.1 Å². The number of nitrogens with zero attached hydrogens (tertiary/aromatic N) is 1. The Labute approximate surface area is 212 Å². The van der Waals surface area contributed by atoms with Gasteiger partial charge in [0.1, 0.15) is 34.6 Å². The van der Waals surface area contributed by atoms with Gasteiger partial charge in [0.2, 0.25) is 5.88 Å². The minimum absolute atomic E-state index is 0.0114. The molecule has 1 aliphatic heterocycles. The van der Waals surface area contributed by atoms with Gasteiger partial charge < -0.3 is 19.9 Å². The zero-order valence-electron chi connectivity index (χ0n) is 18.9. The zero-order valence-corrected chi connectivity index (χ0v) is 19.6. The summed E-state index contributed by atoms with van der Waals surface area (Å²) >= 11 is 5.98. The van der Waals surface area contributed by atoms with E-state index in [9.17, 15) is 10.1 Å². The van der Waals surface area contributed by atoms with Crippen LogP contribution in [0.3, 0.4) is 0 Å². The van der Waals surface area contributed by atoms with E-state index in [1.165, 1.54) is 6.07 Å². The monoisotopic (exact) mass is 494 g/mol. The predicted molar refractivity (Wildman–Crippen MR) is 135 cm³/mol. The minimum atomic E-state index is -0.559. The van der Waals surface area contributed by atoms with Gasteiger partial charge in [-0.2, -0.15) is 5.26 Å². The van der Waals surface area contributed by atoms with Gasteiger partial charge in [0, 0.05) is 16.7 Å². The summed E-state index contributed by atoms with van der Waals surface area (Å²) in [5, 5.41) is 10.3. The van der Waals surface area contributed by atoms with E-state index >= 15 is 0 Å². The van der Waals surface area contributed by atoms with Crippen LogP contribution in [0.4, 0.5) is 0 Å². The highest BCUT2D eigenvalue weighted by Gasteiger charge is 2.31. The van der Waals surface area contributed by atoms with Crippen molar-refractivity contribution in [3.8, 4) is 29.1 Å². The Morgan fingerprint density at radius 2 is 1.67 bits per heavy atom. The fraction of sp³-hybridized carbons (Fsp3) is 0.0345. The van der Waals surface area contributed by atoms with Crippen molar-refractivity contribution >= 4 is 17.6 Å². The lowest BCUT2D eigenvalue weighted by molar-refractivity contribution is 0.0734. The number of para-hydroxylation sites is 1. The number of esters is 1. The van der Waals surface area contributed by atoms with E-state index in [0.717, 1.165) is 5.56 Å². The third-order valence-corrected chi connectivity index (χ3v) is 5.87. The quantitative estimate of drug-likeness (QED) is 0.249. The summed E-state index contributed by atoms with van der Waals surface area (Å²) in [5.41, 5.74) is 8.24. The maximum Gasteiger partial charge on any atom is 0.343 e. The van der Waals surface area contributed by atoms with Crippen molar-refractivity contribution in [2.75, 3.05) is 0 Å². The van der Waals surface area contributed by atoms with Gasteiger partial charge in [-0.15, -0.1) is 0 Å². The topological polar surface area (TPSA) is 94.6 Å². The maximum atomic E-state index is 12.6. The molecule has 0 aromatic heterocycles. The van der Waals surface area contributed by atoms with E-state index in [-0.39, 0.29) is 17.2 Å². The highest BCUT2D eigenvalue weighted by Crippen LogP contribution is 2.44. The van der Waals surface area contributed by atoms with Gasteiger partial charge in [-0.3, -0.25) is 0 Å². The Kier molecular flexibility index (Phi) is 6.31. The van der Waals surface area contributed by atoms with Crippen molar-refractivity contribution in [3.05, 3.63) is 130 Å². The number of nitriles is 1. The number of hydrogen-bond donors (Lipinski definition) is 1. The van der Waals surface area contributed by atoms with Crippen LogP contribution in [-0.2, 0) is 0 Å². The molecule has 1 unspecified atom stereocenters. The van der Waals surface area contributed by atoms with Crippen LogP contribution >= 0.6 is 11.6 Å². The van der Waals surface area contributed by atoms with Crippen molar-refractivity contribution in [1.82, 2.24) is 0 Å². The second-order valence-corrected chi connectivity index (χ2v) is 8.45. The van der Waals surface area contributed by atoms with Crippen molar-refractivity contribution in [2.24, 2.45) is 5.73 Å². The smallest absolute Gasteiger partial charge is 0.343 e. The van der Waals surface area contributed by atoms with Crippen molar-refractivity contribution in [1.29, 1.82) is 5.26 Å². The van der Waals surface area contributed by atoms with Gasteiger partial charge in [-0.25, -0.2) is 4.79 Å². The van der Waals surface area contributed by atoms with Crippen LogP contribution in [0.5, 0.6) is 23.0 Å². The first-order valence-electron chi connectivity index (χ1n) is 11.0. The number of carbonyl (C=O) groups is 1. The molecule has 0 spiro atoms. The number of rotatable bonds is 5. The van der Waals surface area contributed by atoms with Crippen molar-refractivity contribution in [3.63, 3.8) is 0 Å². The highest BCUT2D eigenvalue weighted by atomic mass is 35.5. The number of benzene rings is 4. The molecule has 1 heterocycles. The minimum Gasteiger partial charge on any atom is -0.457 e. The molecule has 0 radical (unpaired) electrons. The maximum absolute atomic E-state index is 12.6. The van der Waals surface area contributed by atoms with Crippen LogP contribution < -0.4 is 19.9 Å². The number of nitrogens with two attached hydrogens (primary N) is 1. The molecule has 5 rings (SSSR count). The summed E-state index contributed by atoms with van der Waals surface area (Å²) in [5.74, 6) is 0.919. The molecule has 7 heteroatoms. The number of halogens is 1. The number of ether oxygens (including phenoxy) is 3. The summed E-state index contributed by atoms with van der Waals surface area (Å²) in [6.07, 6.45) is 0. The number of hydrogen-bond acceptors (Lipinski definition) is 6. The normalized spacial score (nSPS) is 14.3. The average Bonchev–Trinajstić information content (AvgIpc) is 2.88. The summed E-state index contributed by atoms with van der Waals surface area (Å²) in [4.78, 5) is 12.6. The van der Waals surface area contributed by atoms with Crippen molar-refractivity contribution < 1.29 is 19.0 Å². The predicted octanol–water partition coefficient (Wildman–Crippen LogP) is 6.57. The molecule has 0 saturated carbocycles.